The molecule has 1 aliphatic rings. The van der Waals surface area contributed by atoms with Gasteiger partial charge in [0.25, 0.3) is 0 Å². The van der Waals surface area contributed by atoms with Crippen molar-refractivity contribution >= 4 is 0 Å². The molecule has 1 atom stereocenters. The number of hydrogen-bond acceptors (Lipinski definition) is 4. The van der Waals surface area contributed by atoms with Crippen molar-refractivity contribution in [2.75, 3.05) is 6.54 Å². The quantitative estimate of drug-likeness (QED) is 0.339. The highest BCUT2D eigenvalue weighted by Crippen LogP contribution is 2.16. The summed E-state index contributed by atoms with van der Waals surface area (Å²) in [5.74, 6) is 0. The number of rotatable bonds is 2. The Bertz CT molecular complexity index is 108. The standard InChI is InChI=1S/C4H8N2O3/c7-5-6-3-1-2-4(6)9-8/h4,8H,1-3H2. The van der Waals surface area contributed by atoms with Crippen LogP contribution in [0.1, 0.15) is 12.8 Å². The Hall–Kier alpha value is -0.680. The van der Waals surface area contributed by atoms with Crippen molar-refractivity contribution in [2.24, 2.45) is 5.29 Å². The first-order valence-corrected chi connectivity index (χ1v) is 2.78. The molecular formula is C4H8N2O3. The fraction of sp³-hybridized carbons (Fsp3) is 1.00. The van der Waals surface area contributed by atoms with Crippen molar-refractivity contribution in [2.45, 2.75) is 19.1 Å². The van der Waals surface area contributed by atoms with Crippen LogP contribution in [0.2, 0.25) is 0 Å². The van der Waals surface area contributed by atoms with E-state index in [1.807, 2.05) is 0 Å². The number of hydrogen-bond donors (Lipinski definition) is 1. The van der Waals surface area contributed by atoms with Crippen LogP contribution in [0.4, 0.5) is 0 Å². The maximum atomic E-state index is 9.86. The van der Waals surface area contributed by atoms with Gasteiger partial charge in [-0.2, -0.15) is 0 Å². The molecule has 0 aliphatic carbocycles. The molecule has 52 valence electrons. The molecule has 0 bridgehead atoms. The maximum Gasteiger partial charge on any atom is 0.182 e. The van der Waals surface area contributed by atoms with Crippen molar-refractivity contribution in [3.8, 4) is 0 Å². The summed E-state index contributed by atoms with van der Waals surface area (Å²) in [6.45, 7) is 0.578. The second kappa shape index (κ2) is 2.75. The second-order valence-corrected chi connectivity index (χ2v) is 1.95. The van der Waals surface area contributed by atoms with Gasteiger partial charge in [0.05, 0.1) is 5.29 Å². The van der Waals surface area contributed by atoms with Crippen LogP contribution in [-0.4, -0.2) is 23.0 Å². The van der Waals surface area contributed by atoms with E-state index in [4.69, 9.17) is 5.26 Å². The zero-order valence-corrected chi connectivity index (χ0v) is 4.86. The SMILES string of the molecule is O=NN1CCCC1OO. The predicted octanol–water partition coefficient (Wildman–Crippen LogP) is 0.579. The molecule has 1 rings (SSSR count). The molecule has 0 saturated carbocycles. The number of nitroso groups, excluding NO2 is 1. The van der Waals surface area contributed by atoms with Gasteiger partial charge in [0.2, 0.25) is 0 Å². The lowest BCUT2D eigenvalue weighted by molar-refractivity contribution is -0.306. The fourth-order valence-electron chi connectivity index (χ4n) is 0.921. The molecule has 0 aromatic carbocycles. The van der Waals surface area contributed by atoms with Gasteiger partial charge in [0, 0.05) is 6.54 Å². The lowest BCUT2D eigenvalue weighted by atomic mass is 10.4. The molecule has 1 saturated heterocycles. The third kappa shape index (κ3) is 1.17. The first-order chi connectivity index (χ1) is 4.38. The van der Waals surface area contributed by atoms with Crippen molar-refractivity contribution in [3.05, 3.63) is 4.91 Å². The Morgan fingerprint density at radius 2 is 2.56 bits per heavy atom. The van der Waals surface area contributed by atoms with Gasteiger partial charge >= 0.3 is 0 Å². The number of nitrogens with zero attached hydrogens (tertiary/aromatic N) is 2. The van der Waals surface area contributed by atoms with E-state index < -0.39 is 6.23 Å². The lowest BCUT2D eigenvalue weighted by Crippen LogP contribution is -2.24. The minimum atomic E-state index is -0.512. The smallest absolute Gasteiger partial charge is 0.182 e. The first-order valence-electron chi connectivity index (χ1n) is 2.78. The van der Waals surface area contributed by atoms with Gasteiger partial charge in [-0.25, -0.2) is 15.2 Å². The zero-order chi connectivity index (χ0) is 6.69. The Kier molecular flexibility index (Phi) is 1.96. The minimum Gasteiger partial charge on any atom is -0.250 e. The lowest BCUT2D eigenvalue weighted by Gasteiger charge is -2.12. The third-order valence-electron chi connectivity index (χ3n) is 1.40. The van der Waals surface area contributed by atoms with Crippen molar-refractivity contribution in [3.63, 3.8) is 0 Å². The average molecular weight is 132 g/mol. The molecule has 0 radical (unpaired) electrons. The molecule has 0 aromatic heterocycles. The Morgan fingerprint density at radius 1 is 1.78 bits per heavy atom. The van der Waals surface area contributed by atoms with Gasteiger partial charge in [-0.1, -0.05) is 0 Å². The summed E-state index contributed by atoms with van der Waals surface area (Å²) >= 11 is 0. The fourth-order valence-corrected chi connectivity index (χ4v) is 0.921. The highest BCUT2D eigenvalue weighted by Gasteiger charge is 2.24. The molecule has 0 amide bonds. The van der Waals surface area contributed by atoms with E-state index in [2.05, 4.69) is 10.2 Å². The van der Waals surface area contributed by atoms with Crippen LogP contribution in [0.25, 0.3) is 0 Å². The summed E-state index contributed by atoms with van der Waals surface area (Å²) in [6.07, 6.45) is 1.00. The summed E-state index contributed by atoms with van der Waals surface area (Å²) in [7, 11) is 0. The molecule has 1 unspecified atom stereocenters. The summed E-state index contributed by atoms with van der Waals surface area (Å²) < 4.78 is 0. The average Bonchev–Trinajstić information content (AvgIpc) is 2.33. The monoisotopic (exact) mass is 132 g/mol. The zero-order valence-electron chi connectivity index (χ0n) is 4.86. The highest BCUT2D eigenvalue weighted by atomic mass is 17.1. The van der Waals surface area contributed by atoms with Gasteiger partial charge in [0.1, 0.15) is 0 Å². The molecule has 5 nitrogen and oxygen atoms in total. The van der Waals surface area contributed by atoms with Crippen LogP contribution in [0.3, 0.4) is 0 Å². The largest absolute Gasteiger partial charge is 0.250 e. The van der Waals surface area contributed by atoms with Crippen molar-refractivity contribution < 1.29 is 10.1 Å². The first kappa shape index (κ1) is 6.44. The van der Waals surface area contributed by atoms with Crippen LogP contribution in [0.5, 0.6) is 0 Å². The van der Waals surface area contributed by atoms with E-state index in [1.54, 1.807) is 0 Å². The normalized spacial score (nSPS) is 26.8. The molecule has 1 N–H and O–H groups in total. The molecule has 0 aromatic rings. The molecule has 9 heavy (non-hydrogen) atoms. The second-order valence-electron chi connectivity index (χ2n) is 1.95. The van der Waals surface area contributed by atoms with E-state index in [9.17, 15) is 4.91 Å². The van der Waals surface area contributed by atoms with Crippen molar-refractivity contribution in [1.82, 2.24) is 5.01 Å². The predicted molar refractivity (Wildman–Crippen MR) is 29.2 cm³/mol. The van der Waals surface area contributed by atoms with Crippen LogP contribution in [0, 0.1) is 4.91 Å². The molecule has 5 heteroatoms. The van der Waals surface area contributed by atoms with Gasteiger partial charge in [-0.15, -0.1) is 4.91 Å². The topological polar surface area (TPSA) is 62.1 Å². The minimum absolute atomic E-state index is 0.512. The van der Waals surface area contributed by atoms with E-state index in [1.165, 1.54) is 5.01 Å². The maximum absolute atomic E-state index is 9.86. The molecule has 1 aliphatic heterocycles. The van der Waals surface area contributed by atoms with Gasteiger partial charge in [-0.05, 0) is 12.8 Å². The summed E-state index contributed by atoms with van der Waals surface area (Å²) in [5, 5.41) is 11.9. The van der Waals surface area contributed by atoms with Gasteiger partial charge < -0.3 is 0 Å². The molecular weight excluding hydrogens is 124 g/mol. The summed E-state index contributed by atoms with van der Waals surface area (Å²) in [6, 6.07) is 0. The van der Waals surface area contributed by atoms with Gasteiger partial charge in [-0.3, -0.25) is 0 Å². The van der Waals surface area contributed by atoms with Crippen LogP contribution in [-0.2, 0) is 4.89 Å². The van der Waals surface area contributed by atoms with Gasteiger partial charge in [0.15, 0.2) is 6.23 Å². The molecule has 0 spiro atoms. The van der Waals surface area contributed by atoms with Crippen LogP contribution < -0.4 is 0 Å². The van der Waals surface area contributed by atoms with E-state index in [0.29, 0.717) is 13.0 Å². The Balaban J connectivity index is 2.41. The highest BCUT2D eigenvalue weighted by molar-refractivity contribution is 4.66. The third-order valence-corrected chi connectivity index (χ3v) is 1.40. The van der Waals surface area contributed by atoms with Crippen LogP contribution >= 0.6 is 0 Å². The summed E-state index contributed by atoms with van der Waals surface area (Å²) in [5.41, 5.74) is 0. The molecule has 1 heterocycles. The summed E-state index contributed by atoms with van der Waals surface area (Å²) in [4.78, 5) is 13.8. The van der Waals surface area contributed by atoms with Crippen molar-refractivity contribution in [1.29, 1.82) is 0 Å². The van der Waals surface area contributed by atoms with E-state index in [-0.39, 0.29) is 0 Å². The molecule has 1 fully saturated rings. The van der Waals surface area contributed by atoms with E-state index in [0.717, 1.165) is 6.42 Å². The Labute approximate surface area is 52.1 Å². The van der Waals surface area contributed by atoms with E-state index >= 15 is 0 Å². The van der Waals surface area contributed by atoms with Crippen LogP contribution in [0.15, 0.2) is 5.29 Å². The Morgan fingerprint density at radius 3 is 3.00 bits per heavy atom.